The molecule has 10 aliphatic rings. The maximum absolute atomic E-state index is 13.5. The Bertz CT molecular complexity index is 3570. The maximum atomic E-state index is 13.5. The van der Waals surface area contributed by atoms with E-state index < -0.39 is 408 Å². The minimum Gasteiger partial charge on any atom is -0.394 e. The van der Waals surface area contributed by atoms with Crippen LogP contribution in [0.15, 0.2) is 0 Å². The van der Waals surface area contributed by atoms with E-state index in [-0.39, 0.29) is 0 Å². The first-order valence-corrected chi connectivity index (χ1v) is 41.1. The third-order valence-corrected chi connectivity index (χ3v) is 23.3. The summed E-state index contributed by atoms with van der Waals surface area (Å²) in [6.07, 6.45) is -96.4. The van der Waals surface area contributed by atoms with Crippen molar-refractivity contribution in [3.8, 4) is 0 Å². The Morgan fingerprint density at radius 2 is 0.442 bits per heavy atom. The first kappa shape index (κ1) is 106. The van der Waals surface area contributed by atoms with Crippen LogP contribution in [-0.2, 0) is 119 Å². The van der Waals surface area contributed by atoms with Gasteiger partial charge in [0.2, 0.25) is 35.4 Å². The second kappa shape index (κ2) is 46.7. The molecule has 0 saturated carbocycles. The third-order valence-electron chi connectivity index (χ3n) is 23.3. The molecule has 0 bridgehead atoms. The normalized spacial score (nSPS) is 47.5. The molecule has 32 N–H and O–H groups in total. The van der Waals surface area contributed by atoms with Crippen molar-refractivity contribution in [1.29, 1.82) is 0 Å². The molecular weight excluding hydrogens is 1760 g/mol. The number of carbonyl (C=O) groups excluding carboxylic acids is 6. The summed E-state index contributed by atoms with van der Waals surface area (Å²) in [7, 11) is 0. The highest BCUT2D eigenvalue weighted by Crippen LogP contribution is 2.42. The van der Waals surface area contributed by atoms with E-state index >= 15 is 0 Å². The number of amides is 6. The Morgan fingerprint density at radius 3 is 0.837 bits per heavy atom. The fourth-order valence-corrected chi connectivity index (χ4v) is 16.6. The summed E-state index contributed by atoms with van der Waals surface area (Å²) in [5, 5.41) is 309. The highest BCUT2D eigenvalue weighted by Gasteiger charge is 2.63. The van der Waals surface area contributed by atoms with Gasteiger partial charge in [0.25, 0.3) is 0 Å². The molecule has 10 saturated heterocycles. The summed E-state index contributed by atoms with van der Waals surface area (Å²) >= 11 is 0. The second-order valence-electron chi connectivity index (χ2n) is 32.5. The molecule has 0 unspecified atom stereocenters. The minimum atomic E-state index is -2.81. The second-order valence-corrected chi connectivity index (χ2v) is 32.5. The van der Waals surface area contributed by atoms with Crippen LogP contribution in [0.2, 0.25) is 0 Å². The van der Waals surface area contributed by atoms with Crippen molar-refractivity contribution in [2.45, 2.75) is 348 Å². The Balaban J connectivity index is 1.12. The topological polar surface area (TPSA) is 876 Å². The van der Waals surface area contributed by atoms with E-state index in [1.807, 2.05) is 0 Å². The predicted octanol–water partition coefficient (Wildman–Crippen LogP) is -21.9. The molecule has 10 heterocycles. The molecule has 6 amide bonds. The summed E-state index contributed by atoms with van der Waals surface area (Å²) in [5.74, 6) is -5.68. The number of ether oxygens (including phenoxy) is 19. The molecular formula is C72H120N6O51. The van der Waals surface area contributed by atoms with E-state index in [9.17, 15) is 162 Å². The number of nitrogens with one attached hydrogen (secondary N) is 6. The van der Waals surface area contributed by atoms with Gasteiger partial charge >= 0.3 is 0 Å². The molecule has 57 heteroatoms. The molecule has 50 atom stereocenters. The van der Waals surface area contributed by atoms with E-state index in [1.165, 1.54) is 0 Å². The van der Waals surface area contributed by atoms with Crippen molar-refractivity contribution in [3.63, 3.8) is 0 Å². The van der Waals surface area contributed by atoms with Crippen LogP contribution < -0.4 is 31.9 Å². The Hall–Kier alpha value is -4.98. The van der Waals surface area contributed by atoms with Gasteiger partial charge in [-0.25, -0.2) is 0 Å². The highest BCUT2D eigenvalue weighted by molar-refractivity contribution is 5.75. The summed E-state index contributed by atoms with van der Waals surface area (Å²) in [6, 6.07) is -11.5. The number of aliphatic hydroxyl groups is 26. The molecule has 0 aromatic carbocycles. The largest absolute Gasteiger partial charge is 0.394 e. The summed E-state index contributed by atoms with van der Waals surface area (Å²) in [6.45, 7) is -6.04. The smallest absolute Gasteiger partial charge is 0.217 e. The molecule has 0 spiro atoms. The Kier molecular flexibility index (Phi) is 38.4. The Labute approximate surface area is 731 Å². The lowest BCUT2D eigenvalue weighted by Crippen LogP contribution is -2.71. The van der Waals surface area contributed by atoms with Gasteiger partial charge in [0, 0.05) is 41.5 Å². The van der Waals surface area contributed by atoms with Crippen molar-refractivity contribution >= 4 is 35.4 Å². The lowest BCUT2D eigenvalue weighted by molar-refractivity contribution is -0.409. The molecule has 0 aromatic rings. The molecule has 129 heavy (non-hydrogen) atoms. The van der Waals surface area contributed by atoms with E-state index in [0.717, 1.165) is 41.5 Å². The maximum Gasteiger partial charge on any atom is 0.217 e. The minimum absolute atomic E-state index is 0.831. The molecule has 57 nitrogen and oxygen atoms in total. The van der Waals surface area contributed by atoms with Crippen LogP contribution in [0, 0.1) is 0 Å². The van der Waals surface area contributed by atoms with Crippen LogP contribution in [-0.4, -0.2) is 541 Å². The van der Waals surface area contributed by atoms with Crippen molar-refractivity contribution in [2.75, 3.05) is 66.1 Å². The third kappa shape index (κ3) is 24.2. The van der Waals surface area contributed by atoms with Gasteiger partial charge < -0.3 is 255 Å². The lowest BCUT2D eigenvalue weighted by atomic mass is 9.93. The number of rotatable bonds is 34. The molecule has 10 aliphatic heterocycles. The van der Waals surface area contributed by atoms with Crippen molar-refractivity contribution in [1.82, 2.24) is 31.9 Å². The van der Waals surface area contributed by atoms with Gasteiger partial charge in [0.05, 0.1) is 66.1 Å². The van der Waals surface area contributed by atoms with Gasteiger partial charge in [-0.1, -0.05) is 0 Å². The molecule has 10 fully saturated rings. The molecule has 0 aliphatic carbocycles. The monoisotopic (exact) mass is 1880 g/mol. The molecule has 10 rings (SSSR count). The van der Waals surface area contributed by atoms with Gasteiger partial charge in [0.15, 0.2) is 62.9 Å². The van der Waals surface area contributed by atoms with Crippen molar-refractivity contribution in [2.24, 2.45) is 0 Å². The van der Waals surface area contributed by atoms with Crippen LogP contribution in [0.25, 0.3) is 0 Å². The van der Waals surface area contributed by atoms with Crippen LogP contribution in [0.4, 0.5) is 0 Å². The Morgan fingerprint density at radius 1 is 0.202 bits per heavy atom. The highest BCUT2D eigenvalue weighted by atomic mass is 16.8. The number of hydrogen-bond donors (Lipinski definition) is 32. The number of hydrogen-bond acceptors (Lipinski definition) is 51. The van der Waals surface area contributed by atoms with E-state index in [0.29, 0.717) is 0 Å². The number of aliphatic hydroxyl groups excluding tert-OH is 26. The van der Waals surface area contributed by atoms with Crippen molar-refractivity contribution < 1.29 is 252 Å². The van der Waals surface area contributed by atoms with Crippen LogP contribution in [0.3, 0.4) is 0 Å². The zero-order valence-electron chi connectivity index (χ0n) is 69.8. The van der Waals surface area contributed by atoms with Crippen LogP contribution >= 0.6 is 0 Å². The zero-order valence-corrected chi connectivity index (χ0v) is 69.8. The zero-order chi connectivity index (χ0) is 95.1. The summed E-state index contributed by atoms with van der Waals surface area (Å²) in [5.41, 5.74) is 0. The molecule has 0 aromatic heterocycles. The van der Waals surface area contributed by atoms with E-state index in [4.69, 9.17) is 90.0 Å². The standard InChI is InChI=1S/C72H120N6O51/c1-17(87)73-33-48(102)56(28(12-84)113-63(33)110)123-67-37(77-21(5)91)49(103)58(30(14-86)119-67)125-70-55(109)60(127-72-62(52(106)43(97)27(11-83)118-72)129-68-38(78-22(6)92)50(104)57(29(13-85)120-68)124-69-54(108)51(105)42(96)26(10-82)117-69)59(126-65-35(75-19(3)89)46(100)40(94)24(8-80)115-65)32(122-70)16-112-71-61(128-66-36(76-20(4)90)47(101)41(95)25(9-81)116-66)53(107)44(98)31(121-71)15-111-64-34(74-18(2)88)45(99)39(93)23(7-79)114-64/h23-72,79-86,93-110H,7-16H2,1-6H3,(H,73,87)(H,74,88)(H,75,89)(H,76,90)(H,77,91)(H,78,92)/t23-,24-,25-,26-,27-,28-,29-,30-,31-,32-,33-,34-,35-,36-,37-,38-,39-,40-,41-,42+,43-,44-,45-,46-,47-,48-,49-,50-,51+,52+,53+,54-,55+,56-,57-,58-,59-,60-,61+,62+,63-,64-,65+,66+,67+,68+,69+,70+,71+,72-/m1/s1. The number of carbonyl (C=O) groups is 6. The van der Waals surface area contributed by atoms with Gasteiger partial charge in [-0.2, -0.15) is 0 Å². The average molecular weight is 1890 g/mol. The first-order chi connectivity index (χ1) is 61.0. The molecule has 0 radical (unpaired) electrons. The molecule has 744 valence electrons. The quantitative estimate of drug-likeness (QED) is 0.0284. The van der Waals surface area contributed by atoms with E-state index in [2.05, 4.69) is 31.9 Å². The predicted molar refractivity (Wildman–Crippen MR) is 399 cm³/mol. The van der Waals surface area contributed by atoms with Gasteiger partial charge in [0.1, 0.15) is 244 Å². The summed E-state index contributed by atoms with van der Waals surface area (Å²) < 4.78 is 116. The lowest BCUT2D eigenvalue weighted by Gasteiger charge is -2.52. The van der Waals surface area contributed by atoms with Gasteiger partial charge in [-0.3, -0.25) is 28.8 Å². The fourth-order valence-electron chi connectivity index (χ4n) is 16.6. The van der Waals surface area contributed by atoms with E-state index in [1.54, 1.807) is 0 Å². The van der Waals surface area contributed by atoms with Crippen LogP contribution in [0.5, 0.6) is 0 Å². The fraction of sp³-hybridized carbons (Fsp3) is 0.917. The van der Waals surface area contributed by atoms with Crippen LogP contribution in [0.1, 0.15) is 41.5 Å². The van der Waals surface area contributed by atoms with Gasteiger partial charge in [-0.15, -0.1) is 0 Å². The summed E-state index contributed by atoms with van der Waals surface area (Å²) in [4.78, 5) is 77.5. The first-order valence-electron chi connectivity index (χ1n) is 41.1. The average Bonchev–Trinajstić information content (AvgIpc) is 0.753. The van der Waals surface area contributed by atoms with Crippen molar-refractivity contribution in [3.05, 3.63) is 0 Å². The van der Waals surface area contributed by atoms with Gasteiger partial charge in [-0.05, 0) is 0 Å². The SMILES string of the molecule is CC(=O)N[C@@H]1[C@@H](O)[C@H](O[C@@H]2O[C@H](CO)[C@@H](O[C@@H]3O[C@H](CO[C@H]4O[C@H](CO[C@@H]5O[C@H](CO)[C@@H](O)[C@H](O)[C@H]5NC(C)=O)[C@@H](O)[C@H](O)[C@@H]4O[C@@H]4O[C@H](CO)[C@@H](O)[C@H](O)[C@H]4NC(C)=O)[C@@H](O[C@@H]4O[C@H](CO)[C@@H](O)[C@H](O)[C@H]4NC(C)=O)[C@H](O[C@H]4O[C@H](CO)[C@@H](O)[C@H](O)[C@@H]4O[C@@H]4O[C@H](CO)[C@@H](O[C@@H]5O[C@H](CO)[C@H](O)[C@H](O)[C@H]5O)[C@H](O)[C@H]4NC(C)=O)[C@@H]3O)[C@H](O)[C@H]2NC(C)=O)[C@@H](CO)O[C@H]1O.